The van der Waals surface area contributed by atoms with Crippen molar-refractivity contribution in [2.75, 3.05) is 20.1 Å². The molecule has 0 radical (unpaired) electrons. The second-order valence-corrected chi connectivity index (χ2v) is 6.01. The number of hydrogen-bond acceptors (Lipinski definition) is 3. The third-order valence-electron chi connectivity index (χ3n) is 4.36. The summed E-state index contributed by atoms with van der Waals surface area (Å²) >= 11 is 0. The lowest BCUT2D eigenvalue weighted by molar-refractivity contribution is -0.132. The van der Waals surface area contributed by atoms with Crippen molar-refractivity contribution in [2.45, 2.75) is 25.4 Å². The van der Waals surface area contributed by atoms with Crippen molar-refractivity contribution in [3.8, 4) is 0 Å². The highest BCUT2D eigenvalue weighted by molar-refractivity contribution is 5.78. The summed E-state index contributed by atoms with van der Waals surface area (Å²) in [6.45, 7) is 1.74. The van der Waals surface area contributed by atoms with Crippen molar-refractivity contribution in [3.63, 3.8) is 0 Å². The van der Waals surface area contributed by atoms with E-state index < -0.39 is 0 Å². The highest BCUT2D eigenvalue weighted by Crippen LogP contribution is 2.31. The van der Waals surface area contributed by atoms with Crippen molar-refractivity contribution < 1.29 is 13.6 Å². The van der Waals surface area contributed by atoms with Gasteiger partial charge in [0.05, 0.1) is 19.4 Å². The Labute approximate surface area is 135 Å². The number of amides is 1. The van der Waals surface area contributed by atoms with Gasteiger partial charge < -0.3 is 9.32 Å². The van der Waals surface area contributed by atoms with Crippen molar-refractivity contribution in [1.82, 2.24) is 9.80 Å². The van der Waals surface area contributed by atoms with Crippen LogP contribution in [0.4, 0.5) is 4.39 Å². The maximum atomic E-state index is 13.1. The lowest BCUT2D eigenvalue weighted by Crippen LogP contribution is -2.37. The summed E-state index contributed by atoms with van der Waals surface area (Å²) in [5.74, 6) is 0.611. The third kappa shape index (κ3) is 3.79. The van der Waals surface area contributed by atoms with Gasteiger partial charge >= 0.3 is 0 Å². The average molecular weight is 316 g/mol. The molecule has 0 spiro atoms. The first-order valence-corrected chi connectivity index (χ1v) is 7.89. The molecule has 2 aromatic rings. The molecule has 3 rings (SSSR count). The van der Waals surface area contributed by atoms with E-state index in [0.717, 1.165) is 30.7 Å². The molecule has 1 aromatic carbocycles. The van der Waals surface area contributed by atoms with E-state index in [1.165, 1.54) is 12.1 Å². The van der Waals surface area contributed by atoms with Gasteiger partial charge in [0.2, 0.25) is 5.91 Å². The van der Waals surface area contributed by atoms with Crippen LogP contribution >= 0.6 is 0 Å². The first-order valence-electron chi connectivity index (χ1n) is 7.89. The van der Waals surface area contributed by atoms with E-state index >= 15 is 0 Å². The van der Waals surface area contributed by atoms with Gasteiger partial charge in [-0.2, -0.15) is 0 Å². The SMILES string of the molecule is CN(Cc1ccco1)C(=O)CN1CCCC1c1ccc(F)cc1. The average Bonchev–Trinajstić information content (AvgIpc) is 3.20. The van der Waals surface area contributed by atoms with Crippen LogP contribution in [0.3, 0.4) is 0 Å². The second kappa shape index (κ2) is 6.96. The number of likely N-dealkylation sites (tertiary alicyclic amines) is 1. The van der Waals surface area contributed by atoms with E-state index in [9.17, 15) is 9.18 Å². The zero-order valence-corrected chi connectivity index (χ0v) is 13.2. The minimum atomic E-state index is -0.229. The molecule has 5 heteroatoms. The van der Waals surface area contributed by atoms with Crippen LogP contribution in [-0.4, -0.2) is 35.8 Å². The highest BCUT2D eigenvalue weighted by Gasteiger charge is 2.28. The number of carbonyl (C=O) groups is 1. The van der Waals surface area contributed by atoms with Gasteiger partial charge in [-0.05, 0) is 49.2 Å². The number of likely N-dealkylation sites (N-methyl/N-ethyl adjacent to an activating group) is 1. The largest absolute Gasteiger partial charge is 0.467 e. The van der Waals surface area contributed by atoms with Gasteiger partial charge in [-0.25, -0.2) is 4.39 Å². The van der Waals surface area contributed by atoms with E-state index in [4.69, 9.17) is 4.42 Å². The predicted molar refractivity (Wildman–Crippen MR) is 85.1 cm³/mol. The summed E-state index contributed by atoms with van der Waals surface area (Å²) in [6, 6.07) is 10.5. The zero-order chi connectivity index (χ0) is 16.2. The van der Waals surface area contributed by atoms with E-state index in [1.54, 1.807) is 18.2 Å². The smallest absolute Gasteiger partial charge is 0.236 e. The molecule has 122 valence electrons. The number of nitrogens with zero attached hydrogens (tertiary/aromatic N) is 2. The number of benzene rings is 1. The normalized spacial score (nSPS) is 18.3. The van der Waals surface area contributed by atoms with Crippen LogP contribution in [-0.2, 0) is 11.3 Å². The van der Waals surface area contributed by atoms with Crippen molar-refractivity contribution in [3.05, 3.63) is 59.8 Å². The Morgan fingerprint density at radius 1 is 1.35 bits per heavy atom. The van der Waals surface area contributed by atoms with E-state index in [0.29, 0.717) is 13.1 Å². The van der Waals surface area contributed by atoms with Crippen LogP contribution in [0.5, 0.6) is 0 Å². The molecule has 2 heterocycles. The molecular weight excluding hydrogens is 295 g/mol. The minimum absolute atomic E-state index is 0.0652. The Hall–Kier alpha value is -2.14. The topological polar surface area (TPSA) is 36.7 Å². The molecule has 1 aromatic heterocycles. The van der Waals surface area contributed by atoms with Gasteiger partial charge in [0.25, 0.3) is 0 Å². The Balaban J connectivity index is 1.61. The van der Waals surface area contributed by atoms with Gasteiger partial charge in [-0.15, -0.1) is 0 Å². The van der Waals surface area contributed by atoms with Crippen LogP contribution in [0.2, 0.25) is 0 Å². The fraction of sp³-hybridized carbons (Fsp3) is 0.389. The molecule has 4 nitrogen and oxygen atoms in total. The molecular formula is C18H21FN2O2. The monoisotopic (exact) mass is 316 g/mol. The Bertz CT molecular complexity index is 640. The Kier molecular flexibility index (Phi) is 4.76. The Morgan fingerprint density at radius 2 is 2.13 bits per heavy atom. The summed E-state index contributed by atoms with van der Waals surface area (Å²) in [5, 5.41) is 0. The Morgan fingerprint density at radius 3 is 2.83 bits per heavy atom. The molecule has 0 aliphatic carbocycles. The van der Waals surface area contributed by atoms with E-state index in [2.05, 4.69) is 4.90 Å². The molecule has 1 amide bonds. The third-order valence-corrected chi connectivity index (χ3v) is 4.36. The summed E-state index contributed by atoms with van der Waals surface area (Å²) < 4.78 is 18.4. The predicted octanol–water partition coefficient (Wildman–Crippen LogP) is 3.21. The van der Waals surface area contributed by atoms with Gasteiger partial charge in [-0.3, -0.25) is 9.69 Å². The lowest BCUT2D eigenvalue weighted by atomic mass is 10.0. The molecule has 1 fully saturated rings. The molecule has 1 atom stereocenters. The van der Waals surface area contributed by atoms with Crippen LogP contribution in [0.15, 0.2) is 47.1 Å². The van der Waals surface area contributed by atoms with Crippen LogP contribution in [0, 0.1) is 5.82 Å². The maximum absolute atomic E-state index is 13.1. The number of carbonyl (C=O) groups excluding carboxylic acids is 1. The van der Waals surface area contributed by atoms with Crippen molar-refractivity contribution >= 4 is 5.91 Å². The quantitative estimate of drug-likeness (QED) is 0.850. The van der Waals surface area contributed by atoms with E-state index in [1.807, 2.05) is 24.3 Å². The van der Waals surface area contributed by atoms with Gasteiger partial charge in [-0.1, -0.05) is 12.1 Å². The van der Waals surface area contributed by atoms with Crippen molar-refractivity contribution in [2.24, 2.45) is 0 Å². The molecule has 0 bridgehead atoms. The van der Waals surface area contributed by atoms with Crippen molar-refractivity contribution in [1.29, 1.82) is 0 Å². The number of halogens is 1. The summed E-state index contributed by atoms with van der Waals surface area (Å²) in [5.41, 5.74) is 1.07. The molecule has 1 aliphatic heterocycles. The summed E-state index contributed by atoms with van der Waals surface area (Å²) in [6.07, 6.45) is 3.66. The fourth-order valence-corrected chi connectivity index (χ4v) is 3.10. The fourth-order valence-electron chi connectivity index (χ4n) is 3.10. The first kappa shape index (κ1) is 15.7. The number of rotatable bonds is 5. The van der Waals surface area contributed by atoms with Gasteiger partial charge in [0.15, 0.2) is 0 Å². The van der Waals surface area contributed by atoms with E-state index in [-0.39, 0.29) is 17.8 Å². The summed E-state index contributed by atoms with van der Waals surface area (Å²) in [4.78, 5) is 16.3. The van der Waals surface area contributed by atoms with Crippen LogP contribution in [0.25, 0.3) is 0 Å². The highest BCUT2D eigenvalue weighted by atomic mass is 19.1. The standard InChI is InChI=1S/C18H21FN2O2/c1-20(12-16-4-3-11-23-16)18(22)13-21-10-2-5-17(21)14-6-8-15(19)9-7-14/h3-4,6-9,11,17H,2,5,10,12-13H2,1H3. The van der Waals surface area contributed by atoms with Crippen LogP contribution in [0.1, 0.15) is 30.2 Å². The first-order chi connectivity index (χ1) is 11.1. The summed E-state index contributed by atoms with van der Waals surface area (Å²) in [7, 11) is 1.79. The van der Waals surface area contributed by atoms with Gasteiger partial charge in [0, 0.05) is 13.1 Å². The molecule has 1 saturated heterocycles. The minimum Gasteiger partial charge on any atom is -0.467 e. The molecule has 1 unspecified atom stereocenters. The molecule has 1 aliphatic rings. The maximum Gasteiger partial charge on any atom is 0.236 e. The number of furan rings is 1. The lowest BCUT2D eigenvalue weighted by Gasteiger charge is -2.26. The van der Waals surface area contributed by atoms with Gasteiger partial charge in [0.1, 0.15) is 11.6 Å². The number of hydrogen-bond donors (Lipinski definition) is 0. The molecule has 23 heavy (non-hydrogen) atoms. The second-order valence-electron chi connectivity index (χ2n) is 6.01. The molecule has 0 saturated carbocycles. The molecule has 0 N–H and O–H groups in total. The zero-order valence-electron chi connectivity index (χ0n) is 13.2. The van der Waals surface area contributed by atoms with Crippen LogP contribution < -0.4 is 0 Å².